The van der Waals surface area contributed by atoms with Gasteiger partial charge in [0.1, 0.15) is 5.76 Å². The number of furan rings is 1. The SMILES string of the molecule is CCNC(=NCC1CN2CCCCC2CO1)NCCc1ccco1.I. The largest absolute Gasteiger partial charge is 0.469 e. The van der Waals surface area contributed by atoms with Crippen LogP contribution in [0, 0.1) is 0 Å². The Kier molecular flexibility index (Phi) is 9.05. The molecule has 0 radical (unpaired) electrons. The molecule has 1 aromatic rings. The van der Waals surface area contributed by atoms with Crippen LogP contribution in [-0.2, 0) is 11.2 Å². The zero-order valence-corrected chi connectivity index (χ0v) is 17.4. The Morgan fingerprint density at radius 3 is 3.08 bits per heavy atom. The van der Waals surface area contributed by atoms with Gasteiger partial charge in [0.05, 0.1) is 25.5 Å². The van der Waals surface area contributed by atoms with Crippen molar-refractivity contribution in [2.45, 2.75) is 44.8 Å². The third-order valence-corrected chi connectivity index (χ3v) is 4.75. The molecule has 3 rings (SSSR count). The van der Waals surface area contributed by atoms with Crippen LogP contribution in [0.3, 0.4) is 0 Å². The van der Waals surface area contributed by atoms with E-state index in [0.717, 1.165) is 44.4 Å². The first-order chi connectivity index (χ1) is 11.8. The molecular weight excluding hydrogens is 431 g/mol. The molecule has 0 bridgehead atoms. The number of hydrogen-bond acceptors (Lipinski definition) is 4. The lowest BCUT2D eigenvalue weighted by molar-refractivity contribution is -0.0702. The number of nitrogens with one attached hydrogen (secondary N) is 2. The van der Waals surface area contributed by atoms with Gasteiger partial charge in [0.25, 0.3) is 0 Å². The summed E-state index contributed by atoms with van der Waals surface area (Å²) in [4.78, 5) is 7.29. The van der Waals surface area contributed by atoms with Crippen molar-refractivity contribution in [3.63, 3.8) is 0 Å². The summed E-state index contributed by atoms with van der Waals surface area (Å²) in [5, 5.41) is 6.66. The molecule has 0 aromatic carbocycles. The standard InChI is InChI=1S/C18H30N4O2.HI/c1-2-19-18(20-9-8-16-7-5-11-23-16)21-12-17-13-22-10-4-3-6-15(22)14-24-17;/h5,7,11,15,17H,2-4,6,8-10,12-14H2,1H3,(H2,19,20,21);1H. The smallest absolute Gasteiger partial charge is 0.191 e. The van der Waals surface area contributed by atoms with Crippen LogP contribution >= 0.6 is 24.0 Å². The fourth-order valence-electron chi connectivity index (χ4n) is 3.45. The van der Waals surface area contributed by atoms with Crippen molar-refractivity contribution >= 4 is 29.9 Å². The maximum Gasteiger partial charge on any atom is 0.191 e. The van der Waals surface area contributed by atoms with Gasteiger partial charge in [0.15, 0.2) is 5.96 Å². The summed E-state index contributed by atoms with van der Waals surface area (Å²) in [5.74, 6) is 1.85. The molecular formula is C18H31IN4O2. The Balaban J connectivity index is 0.00000225. The van der Waals surface area contributed by atoms with Gasteiger partial charge in [0.2, 0.25) is 0 Å². The van der Waals surface area contributed by atoms with Gasteiger partial charge in [-0.2, -0.15) is 0 Å². The number of rotatable bonds is 6. The van der Waals surface area contributed by atoms with Crippen LogP contribution in [0.4, 0.5) is 0 Å². The monoisotopic (exact) mass is 462 g/mol. The highest BCUT2D eigenvalue weighted by Crippen LogP contribution is 2.22. The van der Waals surface area contributed by atoms with Crippen molar-refractivity contribution in [3.05, 3.63) is 24.2 Å². The lowest BCUT2D eigenvalue weighted by Gasteiger charge is -2.42. The molecule has 2 aliphatic heterocycles. The molecule has 2 N–H and O–H groups in total. The van der Waals surface area contributed by atoms with Gasteiger partial charge in [-0.1, -0.05) is 6.42 Å². The zero-order valence-electron chi connectivity index (χ0n) is 15.1. The predicted octanol–water partition coefficient (Wildman–Crippen LogP) is 2.25. The first-order valence-corrected chi connectivity index (χ1v) is 9.25. The molecule has 3 heterocycles. The van der Waals surface area contributed by atoms with Crippen molar-refractivity contribution in [2.75, 3.05) is 39.3 Å². The minimum atomic E-state index is 0. The Morgan fingerprint density at radius 1 is 1.36 bits per heavy atom. The predicted molar refractivity (Wildman–Crippen MR) is 111 cm³/mol. The number of ether oxygens (including phenoxy) is 1. The second kappa shape index (κ2) is 11.0. The van der Waals surface area contributed by atoms with Gasteiger partial charge in [-0.05, 0) is 38.4 Å². The minimum absolute atomic E-state index is 0. The van der Waals surface area contributed by atoms with E-state index in [9.17, 15) is 0 Å². The van der Waals surface area contributed by atoms with Crippen LogP contribution in [-0.4, -0.2) is 62.3 Å². The molecule has 2 atom stereocenters. The van der Waals surface area contributed by atoms with Crippen LogP contribution in [0.5, 0.6) is 0 Å². The van der Waals surface area contributed by atoms with Crippen LogP contribution in [0.1, 0.15) is 31.9 Å². The highest BCUT2D eigenvalue weighted by atomic mass is 127. The van der Waals surface area contributed by atoms with Crippen LogP contribution in [0.15, 0.2) is 27.8 Å². The van der Waals surface area contributed by atoms with E-state index in [1.807, 2.05) is 12.1 Å². The fraction of sp³-hybridized carbons (Fsp3) is 0.722. The quantitative estimate of drug-likeness (QED) is 0.386. The number of halogens is 1. The molecule has 0 aliphatic carbocycles. The Labute approximate surface area is 167 Å². The second-order valence-corrected chi connectivity index (χ2v) is 6.58. The topological polar surface area (TPSA) is 62.0 Å². The Bertz CT molecular complexity index is 509. The highest BCUT2D eigenvalue weighted by molar-refractivity contribution is 14.0. The van der Waals surface area contributed by atoms with E-state index in [0.29, 0.717) is 12.6 Å². The Hall–Kier alpha value is -0.800. The summed E-state index contributed by atoms with van der Waals surface area (Å²) in [6.45, 7) is 7.54. The zero-order chi connectivity index (χ0) is 16.6. The molecule has 142 valence electrons. The van der Waals surface area contributed by atoms with E-state index in [4.69, 9.17) is 14.1 Å². The fourth-order valence-corrected chi connectivity index (χ4v) is 3.45. The summed E-state index contributed by atoms with van der Waals surface area (Å²) in [6.07, 6.45) is 6.73. The first-order valence-electron chi connectivity index (χ1n) is 9.25. The molecule has 0 saturated carbocycles. The normalized spacial score (nSPS) is 24.3. The van der Waals surface area contributed by atoms with Gasteiger partial charge in [-0.25, -0.2) is 0 Å². The minimum Gasteiger partial charge on any atom is -0.469 e. The molecule has 0 spiro atoms. The van der Waals surface area contributed by atoms with Crippen molar-refractivity contribution in [3.8, 4) is 0 Å². The summed E-state index contributed by atoms with van der Waals surface area (Å²) < 4.78 is 11.4. The summed E-state index contributed by atoms with van der Waals surface area (Å²) in [6, 6.07) is 4.55. The average molecular weight is 462 g/mol. The van der Waals surface area contributed by atoms with E-state index in [-0.39, 0.29) is 30.1 Å². The second-order valence-electron chi connectivity index (χ2n) is 6.58. The van der Waals surface area contributed by atoms with E-state index in [1.54, 1.807) is 6.26 Å². The lowest BCUT2D eigenvalue weighted by atomic mass is 10.0. The van der Waals surface area contributed by atoms with Gasteiger partial charge >= 0.3 is 0 Å². The molecule has 6 nitrogen and oxygen atoms in total. The van der Waals surface area contributed by atoms with E-state index in [1.165, 1.54) is 25.8 Å². The third kappa shape index (κ3) is 6.45. The van der Waals surface area contributed by atoms with Gasteiger partial charge in [-0.3, -0.25) is 9.89 Å². The van der Waals surface area contributed by atoms with Crippen molar-refractivity contribution in [2.24, 2.45) is 4.99 Å². The van der Waals surface area contributed by atoms with Crippen molar-refractivity contribution < 1.29 is 9.15 Å². The number of guanidine groups is 1. The number of fused-ring (bicyclic) bond motifs is 1. The Morgan fingerprint density at radius 2 is 2.28 bits per heavy atom. The number of nitrogens with zero attached hydrogens (tertiary/aromatic N) is 2. The maximum atomic E-state index is 6.02. The number of piperidine rings is 1. The summed E-state index contributed by atoms with van der Waals surface area (Å²) in [7, 11) is 0. The molecule has 2 aliphatic rings. The summed E-state index contributed by atoms with van der Waals surface area (Å²) in [5.41, 5.74) is 0. The van der Waals surface area contributed by atoms with E-state index >= 15 is 0 Å². The first kappa shape index (κ1) is 20.5. The molecule has 25 heavy (non-hydrogen) atoms. The third-order valence-electron chi connectivity index (χ3n) is 4.75. The number of morpholine rings is 1. The average Bonchev–Trinajstić information content (AvgIpc) is 3.13. The molecule has 2 saturated heterocycles. The molecule has 2 unspecified atom stereocenters. The van der Waals surface area contributed by atoms with Crippen LogP contribution in [0.25, 0.3) is 0 Å². The molecule has 2 fully saturated rings. The van der Waals surface area contributed by atoms with Gasteiger partial charge in [-0.15, -0.1) is 24.0 Å². The maximum absolute atomic E-state index is 6.02. The highest BCUT2D eigenvalue weighted by Gasteiger charge is 2.30. The van der Waals surface area contributed by atoms with Crippen LogP contribution < -0.4 is 10.6 Å². The summed E-state index contributed by atoms with van der Waals surface area (Å²) >= 11 is 0. The number of hydrogen-bond donors (Lipinski definition) is 2. The molecule has 1 aromatic heterocycles. The lowest BCUT2D eigenvalue weighted by Crippen LogP contribution is -2.52. The van der Waals surface area contributed by atoms with Crippen LogP contribution in [0.2, 0.25) is 0 Å². The van der Waals surface area contributed by atoms with E-state index < -0.39 is 0 Å². The molecule has 7 heteroatoms. The number of aliphatic imine (C=N–C) groups is 1. The van der Waals surface area contributed by atoms with E-state index in [2.05, 4.69) is 22.5 Å². The van der Waals surface area contributed by atoms with Gasteiger partial charge in [0, 0.05) is 32.1 Å². The van der Waals surface area contributed by atoms with Crippen molar-refractivity contribution in [1.82, 2.24) is 15.5 Å². The molecule has 0 amide bonds. The van der Waals surface area contributed by atoms with Gasteiger partial charge < -0.3 is 19.8 Å². The van der Waals surface area contributed by atoms with Crippen molar-refractivity contribution in [1.29, 1.82) is 0 Å².